The van der Waals surface area contributed by atoms with Gasteiger partial charge in [0, 0.05) is 38.3 Å². The molecule has 1 aliphatic heterocycles. The van der Waals surface area contributed by atoms with Crippen LogP contribution in [0.3, 0.4) is 0 Å². The molecule has 0 radical (unpaired) electrons. The molecule has 2 heterocycles. The Hall–Kier alpha value is -3.14. The summed E-state index contributed by atoms with van der Waals surface area (Å²) in [7, 11) is 0. The van der Waals surface area contributed by atoms with Crippen LogP contribution in [0.5, 0.6) is 0 Å². The van der Waals surface area contributed by atoms with Crippen LogP contribution in [0.15, 0.2) is 36.4 Å². The maximum absolute atomic E-state index is 13.9. The summed E-state index contributed by atoms with van der Waals surface area (Å²) in [5, 5.41) is 11.6. The number of halogens is 2. The molecule has 2 aromatic carbocycles. The third kappa shape index (κ3) is 3.26. The van der Waals surface area contributed by atoms with Crippen LogP contribution in [0, 0.1) is 21.7 Å². The first-order valence-electron chi connectivity index (χ1n) is 8.47. The molecule has 28 heavy (non-hydrogen) atoms. The molecule has 0 bridgehead atoms. The first kappa shape index (κ1) is 18.2. The summed E-state index contributed by atoms with van der Waals surface area (Å²) in [6.45, 7) is 1.48. The first-order chi connectivity index (χ1) is 13.4. The Morgan fingerprint density at radius 3 is 2.43 bits per heavy atom. The molecule has 1 amide bonds. The van der Waals surface area contributed by atoms with Gasteiger partial charge in [0.15, 0.2) is 5.13 Å². The summed E-state index contributed by atoms with van der Waals surface area (Å²) in [6.07, 6.45) is 0. The molecule has 0 spiro atoms. The van der Waals surface area contributed by atoms with Gasteiger partial charge >= 0.3 is 0 Å². The van der Waals surface area contributed by atoms with Crippen molar-refractivity contribution >= 4 is 38.3 Å². The molecule has 0 aliphatic carbocycles. The van der Waals surface area contributed by atoms with E-state index in [0.29, 0.717) is 41.5 Å². The van der Waals surface area contributed by atoms with Crippen LogP contribution in [-0.2, 0) is 0 Å². The number of carbonyl (C=O) groups excluding carboxylic acids is 1. The van der Waals surface area contributed by atoms with Gasteiger partial charge in [-0.15, -0.1) is 0 Å². The SMILES string of the molecule is O=C(c1c(F)cccc1F)N1CCN(c2nc3ccc([N+](=O)[O-])cc3s2)CC1. The maximum Gasteiger partial charge on any atom is 0.270 e. The lowest BCUT2D eigenvalue weighted by Gasteiger charge is -2.34. The smallest absolute Gasteiger partial charge is 0.270 e. The van der Waals surface area contributed by atoms with E-state index in [4.69, 9.17) is 0 Å². The fraction of sp³-hybridized carbons (Fsp3) is 0.222. The molecular weight excluding hydrogens is 390 g/mol. The van der Waals surface area contributed by atoms with E-state index in [-0.39, 0.29) is 5.69 Å². The molecule has 10 heteroatoms. The highest BCUT2D eigenvalue weighted by atomic mass is 32.1. The number of nitro groups is 1. The van der Waals surface area contributed by atoms with Gasteiger partial charge in [-0.2, -0.15) is 0 Å². The van der Waals surface area contributed by atoms with Crippen molar-refractivity contribution in [1.29, 1.82) is 0 Å². The van der Waals surface area contributed by atoms with Crippen LogP contribution in [-0.4, -0.2) is 46.9 Å². The number of carbonyl (C=O) groups is 1. The maximum atomic E-state index is 13.9. The first-order valence-corrected chi connectivity index (χ1v) is 9.29. The number of thiazole rings is 1. The number of hydrogen-bond donors (Lipinski definition) is 0. The minimum absolute atomic E-state index is 0.00466. The monoisotopic (exact) mass is 404 g/mol. The van der Waals surface area contributed by atoms with Gasteiger partial charge in [-0.1, -0.05) is 17.4 Å². The van der Waals surface area contributed by atoms with Crippen LogP contribution in [0.2, 0.25) is 0 Å². The number of nitrogens with zero attached hydrogens (tertiary/aromatic N) is 4. The van der Waals surface area contributed by atoms with Crippen molar-refractivity contribution in [3.8, 4) is 0 Å². The Balaban J connectivity index is 1.49. The zero-order valence-electron chi connectivity index (χ0n) is 14.5. The highest BCUT2D eigenvalue weighted by Gasteiger charge is 2.27. The second kappa shape index (κ2) is 7.12. The van der Waals surface area contributed by atoms with E-state index < -0.39 is 28.0 Å². The van der Waals surface area contributed by atoms with Crippen molar-refractivity contribution in [3.63, 3.8) is 0 Å². The summed E-state index contributed by atoms with van der Waals surface area (Å²) in [5.74, 6) is -2.42. The number of piperazine rings is 1. The molecule has 4 rings (SSSR count). The Morgan fingerprint density at radius 2 is 1.79 bits per heavy atom. The van der Waals surface area contributed by atoms with Crippen LogP contribution < -0.4 is 4.90 Å². The zero-order chi connectivity index (χ0) is 19.8. The fourth-order valence-corrected chi connectivity index (χ4v) is 4.16. The molecule has 0 saturated carbocycles. The molecule has 1 fully saturated rings. The molecule has 0 unspecified atom stereocenters. The third-order valence-corrected chi connectivity index (χ3v) is 5.66. The van der Waals surface area contributed by atoms with E-state index in [1.54, 1.807) is 6.07 Å². The van der Waals surface area contributed by atoms with E-state index in [1.807, 2.05) is 4.90 Å². The molecule has 1 aromatic heterocycles. The number of non-ortho nitro benzene ring substituents is 1. The predicted molar refractivity (Wildman–Crippen MR) is 101 cm³/mol. The summed E-state index contributed by atoms with van der Waals surface area (Å²) in [5.41, 5.74) is 0.130. The van der Waals surface area contributed by atoms with Crippen molar-refractivity contribution in [3.05, 3.63) is 63.7 Å². The van der Waals surface area contributed by atoms with Crippen molar-refractivity contribution < 1.29 is 18.5 Å². The van der Waals surface area contributed by atoms with E-state index in [2.05, 4.69) is 4.98 Å². The Morgan fingerprint density at radius 1 is 1.11 bits per heavy atom. The van der Waals surface area contributed by atoms with Gasteiger partial charge in [0.2, 0.25) is 0 Å². The molecule has 0 atom stereocenters. The van der Waals surface area contributed by atoms with Gasteiger partial charge in [0.25, 0.3) is 11.6 Å². The number of amides is 1. The Bertz CT molecular complexity index is 1060. The van der Waals surface area contributed by atoms with Crippen LogP contribution in [0.4, 0.5) is 19.6 Å². The van der Waals surface area contributed by atoms with Crippen molar-refractivity contribution in [2.24, 2.45) is 0 Å². The largest absolute Gasteiger partial charge is 0.345 e. The van der Waals surface area contributed by atoms with Gasteiger partial charge < -0.3 is 9.80 Å². The quantitative estimate of drug-likeness (QED) is 0.494. The Kier molecular flexibility index (Phi) is 4.63. The second-order valence-electron chi connectivity index (χ2n) is 6.28. The number of nitro benzene ring substituents is 1. The molecule has 144 valence electrons. The Labute approximate surface area is 162 Å². The van der Waals surface area contributed by atoms with Gasteiger partial charge in [-0.3, -0.25) is 14.9 Å². The number of rotatable bonds is 3. The zero-order valence-corrected chi connectivity index (χ0v) is 15.3. The topological polar surface area (TPSA) is 79.6 Å². The molecule has 0 N–H and O–H groups in total. The third-order valence-electron chi connectivity index (χ3n) is 4.59. The summed E-state index contributed by atoms with van der Waals surface area (Å²) in [6, 6.07) is 7.84. The number of aromatic nitrogens is 1. The lowest BCUT2D eigenvalue weighted by atomic mass is 10.1. The predicted octanol–water partition coefficient (Wildman–Crippen LogP) is 3.45. The summed E-state index contributed by atoms with van der Waals surface area (Å²) < 4.78 is 28.4. The summed E-state index contributed by atoms with van der Waals surface area (Å²) in [4.78, 5) is 30.8. The fourth-order valence-electron chi connectivity index (χ4n) is 3.11. The van der Waals surface area contributed by atoms with Crippen LogP contribution >= 0.6 is 11.3 Å². The highest BCUT2D eigenvalue weighted by molar-refractivity contribution is 7.22. The minimum Gasteiger partial charge on any atom is -0.345 e. The number of anilines is 1. The highest BCUT2D eigenvalue weighted by Crippen LogP contribution is 2.32. The van der Waals surface area contributed by atoms with Crippen molar-refractivity contribution in [2.45, 2.75) is 0 Å². The average Bonchev–Trinajstić information content (AvgIpc) is 3.11. The van der Waals surface area contributed by atoms with Gasteiger partial charge in [-0.25, -0.2) is 13.8 Å². The van der Waals surface area contributed by atoms with Crippen LogP contribution in [0.25, 0.3) is 10.2 Å². The number of hydrogen-bond acceptors (Lipinski definition) is 6. The second-order valence-corrected chi connectivity index (χ2v) is 7.29. The average molecular weight is 404 g/mol. The number of fused-ring (bicyclic) bond motifs is 1. The van der Waals surface area contributed by atoms with Gasteiger partial charge in [0.1, 0.15) is 17.2 Å². The number of benzene rings is 2. The lowest BCUT2D eigenvalue weighted by molar-refractivity contribution is -0.384. The standard InChI is InChI=1S/C18H14F2N4O3S/c19-12-2-1-3-13(20)16(12)17(25)22-6-8-23(9-7-22)18-21-14-5-4-11(24(26)27)10-15(14)28-18/h1-5,10H,6-9H2. The minimum atomic E-state index is -0.875. The van der Waals surface area contributed by atoms with E-state index in [1.165, 1.54) is 34.4 Å². The van der Waals surface area contributed by atoms with Gasteiger partial charge in [0.05, 0.1) is 15.1 Å². The molecule has 1 aliphatic rings. The summed E-state index contributed by atoms with van der Waals surface area (Å²) >= 11 is 1.33. The van der Waals surface area contributed by atoms with Gasteiger partial charge in [-0.05, 0) is 18.2 Å². The molecule has 7 nitrogen and oxygen atoms in total. The van der Waals surface area contributed by atoms with Crippen LogP contribution in [0.1, 0.15) is 10.4 Å². The molecular formula is C18H14F2N4O3S. The van der Waals surface area contributed by atoms with E-state index in [9.17, 15) is 23.7 Å². The normalized spacial score (nSPS) is 14.5. The van der Waals surface area contributed by atoms with E-state index >= 15 is 0 Å². The van der Waals surface area contributed by atoms with E-state index in [0.717, 1.165) is 12.1 Å². The van der Waals surface area contributed by atoms with Crippen molar-refractivity contribution in [1.82, 2.24) is 9.88 Å². The molecule has 3 aromatic rings. The molecule has 1 saturated heterocycles. The lowest BCUT2D eigenvalue weighted by Crippen LogP contribution is -2.49. The van der Waals surface area contributed by atoms with Crippen molar-refractivity contribution in [2.75, 3.05) is 31.1 Å².